The molecule has 0 amide bonds. The molecule has 1 fully saturated rings. The molecular formula is C30H48O7Si. The zero-order valence-electron chi connectivity index (χ0n) is 24.7. The summed E-state index contributed by atoms with van der Waals surface area (Å²) in [5.41, 5.74) is 0.238. The summed E-state index contributed by atoms with van der Waals surface area (Å²) in [6.07, 6.45) is 4.35. The van der Waals surface area contributed by atoms with Crippen molar-refractivity contribution in [1.29, 1.82) is 0 Å². The Morgan fingerprint density at radius 3 is 2.39 bits per heavy atom. The van der Waals surface area contributed by atoms with Crippen LogP contribution in [0.5, 0.6) is 0 Å². The highest BCUT2D eigenvalue weighted by Gasteiger charge is 2.55. The van der Waals surface area contributed by atoms with E-state index in [4.69, 9.17) is 23.4 Å². The number of allylic oxidation sites excluding steroid dienone is 1. The number of methoxy groups -OCH3 is 1. The molecular weight excluding hydrogens is 500 g/mol. The molecule has 2 rings (SSSR count). The second-order valence-corrected chi connectivity index (χ2v) is 17.0. The van der Waals surface area contributed by atoms with E-state index in [9.17, 15) is 9.59 Å². The van der Waals surface area contributed by atoms with Crippen LogP contribution in [-0.2, 0) is 39.6 Å². The minimum absolute atomic E-state index is 0.00999. The first-order valence-corrected chi connectivity index (χ1v) is 16.4. The SMILES string of the molecule is CO[C@@]1(C(C)(C)/C=C/C=O)OC(C[C@@H](O[Si](C)(C)C(C)(C)C)[C@@H](C)OCOCc2ccccc2)CCC1=O. The highest BCUT2D eigenvalue weighted by molar-refractivity contribution is 6.74. The average molecular weight is 549 g/mol. The lowest BCUT2D eigenvalue weighted by Gasteiger charge is -2.48. The molecule has 1 aliphatic heterocycles. The normalized spacial score (nSPS) is 23.0. The predicted octanol–water partition coefficient (Wildman–Crippen LogP) is 6.22. The Morgan fingerprint density at radius 1 is 1.16 bits per heavy atom. The van der Waals surface area contributed by atoms with Gasteiger partial charge in [-0.3, -0.25) is 9.59 Å². The molecule has 1 aromatic carbocycles. The zero-order chi connectivity index (χ0) is 28.6. The number of hydrogen-bond acceptors (Lipinski definition) is 7. The number of carbonyl (C=O) groups is 2. The number of ketones is 1. The van der Waals surface area contributed by atoms with Crippen molar-refractivity contribution >= 4 is 20.4 Å². The second-order valence-electron chi connectivity index (χ2n) is 12.2. The van der Waals surface area contributed by atoms with Crippen molar-refractivity contribution in [3.63, 3.8) is 0 Å². The second kappa shape index (κ2) is 13.6. The summed E-state index contributed by atoms with van der Waals surface area (Å²) in [5, 5.41) is 0.00999. The van der Waals surface area contributed by atoms with Crippen LogP contribution in [0.3, 0.4) is 0 Å². The molecule has 1 heterocycles. The van der Waals surface area contributed by atoms with E-state index < -0.39 is 19.5 Å². The standard InChI is InChI=1S/C30H48O7Si/c1-23(35-22-34-21-24-14-11-10-12-15-24)26(37-38(8,9)28(2,3)4)20-25-16-17-27(32)30(33-7,36-25)29(5,6)18-13-19-31/h10-15,18-19,23,25-26H,16-17,20-22H2,1-9H3/b18-13+/t23-,25?,26-,30-/m1/s1. The molecule has 7 nitrogen and oxygen atoms in total. The van der Waals surface area contributed by atoms with Gasteiger partial charge in [-0.1, -0.05) is 71.0 Å². The molecule has 1 saturated heterocycles. The Kier molecular flexibility index (Phi) is 11.6. The highest BCUT2D eigenvalue weighted by atomic mass is 28.4. The lowest BCUT2D eigenvalue weighted by molar-refractivity contribution is -0.285. The smallest absolute Gasteiger partial charge is 0.237 e. The molecule has 214 valence electrons. The molecule has 1 aromatic rings. The first-order valence-electron chi connectivity index (χ1n) is 13.5. The van der Waals surface area contributed by atoms with Gasteiger partial charge >= 0.3 is 0 Å². The van der Waals surface area contributed by atoms with E-state index in [1.165, 1.54) is 13.2 Å². The Bertz CT molecular complexity index is 922. The Balaban J connectivity index is 2.19. The molecule has 0 radical (unpaired) electrons. The van der Waals surface area contributed by atoms with Crippen molar-refractivity contribution < 1.29 is 33.0 Å². The van der Waals surface area contributed by atoms with Crippen LogP contribution < -0.4 is 0 Å². The predicted molar refractivity (Wildman–Crippen MR) is 151 cm³/mol. The maximum atomic E-state index is 13.1. The summed E-state index contributed by atoms with van der Waals surface area (Å²) in [5.74, 6) is -1.61. The molecule has 0 aromatic heterocycles. The van der Waals surface area contributed by atoms with Gasteiger partial charge in [0.25, 0.3) is 0 Å². The summed E-state index contributed by atoms with van der Waals surface area (Å²) >= 11 is 0. The summed E-state index contributed by atoms with van der Waals surface area (Å²) in [7, 11) is -0.669. The van der Waals surface area contributed by atoms with E-state index in [1.807, 2.05) is 51.1 Å². The van der Waals surface area contributed by atoms with E-state index in [2.05, 4.69) is 33.9 Å². The molecule has 0 saturated carbocycles. The van der Waals surface area contributed by atoms with Gasteiger partial charge in [0.05, 0.1) is 24.9 Å². The molecule has 0 N–H and O–H groups in total. The first kappa shape index (κ1) is 32.5. The van der Waals surface area contributed by atoms with Gasteiger partial charge in [0, 0.05) is 25.4 Å². The molecule has 0 aliphatic carbocycles. The Hall–Kier alpha value is -1.68. The van der Waals surface area contributed by atoms with Crippen molar-refractivity contribution in [1.82, 2.24) is 0 Å². The third-order valence-electron chi connectivity index (χ3n) is 7.92. The highest BCUT2D eigenvalue weighted by Crippen LogP contribution is 2.44. The van der Waals surface area contributed by atoms with E-state index in [-0.39, 0.29) is 35.9 Å². The fraction of sp³-hybridized carbons (Fsp3) is 0.667. The first-order chi connectivity index (χ1) is 17.7. The van der Waals surface area contributed by atoms with Gasteiger partial charge in [-0.25, -0.2) is 0 Å². The Labute approximate surface area is 230 Å². The monoisotopic (exact) mass is 548 g/mol. The van der Waals surface area contributed by atoms with Crippen LogP contribution in [0.2, 0.25) is 18.1 Å². The van der Waals surface area contributed by atoms with Crippen LogP contribution in [-0.4, -0.2) is 58.4 Å². The number of rotatable bonds is 14. The van der Waals surface area contributed by atoms with Crippen molar-refractivity contribution in [2.24, 2.45) is 5.41 Å². The maximum Gasteiger partial charge on any atom is 0.237 e. The topological polar surface area (TPSA) is 80.3 Å². The van der Waals surface area contributed by atoms with Crippen LogP contribution in [0.1, 0.15) is 66.4 Å². The van der Waals surface area contributed by atoms with Gasteiger partial charge in [-0.15, -0.1) is 0 Å². The zero-order valence-corrected chi connectivity index (χ0v) is 25.7. The number of ether oxygens (including phenoxy) is 4. The van der Waals surface area contributed by atoms with E-state index >= 15 is 0 Å². The minimum atomic E-state index is -2.15. The largest absolute Gasteiger partial charge is 0.411 e. The van der Waals surface area contributed by atoms with Gasteiger partial charge in [0.1, 0.15) is 13.1 Å². The number of Topliss-reactive ketones (excluding diaryl/α,β-unsaturated/α-hetero) is 1. The molecule has 38 heavy (non-hydrogen) atoms. The number of aldehydes is 1. The summed E-state index contributed by atoms with van der Waals surface area (Å²) in [4.78, 5) is 24.1. The fourth-order valence-corrected chi connectivity index (χ4v) is 5.85. The summed E-state index contributed by atoms with van der Waals surface area (Å²) in [6.45, 7) is 17.4. The van der Waals surface area contributed by atoms with Gasteiger partial charge in [-0.2, -0.15) is 0 Å². The van der Waals surface area contributed by atoms with Gasteiger partial charge < -0.3 is 23.4 Å². The van der Waals surface area contributed by atoms with Crippen LogP contribution in [0.25, 0.3) is 0 Å². The van der Waals surface area contributed by atoms with Gasteiger partial charge in [-0.05, 0) is 43.1 Å². The number of carbonyl (C=O) groups excluding carboxylic acids is 2. The van der Waals surface area contributed by atoms with Crippen LogP contribution in [0.15, 0.2) is 42.5 Å². The number of benzene rings is 1. The van der Waals surface area contributed by atoms with Crippen molar-refractivity contribution in [3.05, 3.63) is 48.0 Å². The molecule has 4 atom stereocenters. The minimum Gasteiger partial charge on any atom is -0.411 e. The Morgan fingerprint density at radius 2 is 1.82 bits per heavy atom. The summed E-state index contributed by atoms with van der Waals surface area (Å²) < 4.78 is 31.0. The van der Waals surface area contributed by atoms with Crippen molar-refractivity contribution in [2.75, 3.05) is 13.9 Å². The van der Waals surface area contributed by atoms with E-state index in [0.29, 0.717) is 32.2 Å². The van der Waals surface area contributed by atoms with Crippen molar-refractivity contribution in [2.45, 2.75) is 110 Å². The average Bonchev–Trinajstić information content (AvgIpc) is 2.85. The van der Waals surface area contributed by atoms with Gasteiger partial charge in [0.2, 0.25) is 5.79 Å². The molecule has 1 unspecified atom stereocenters. The summed E-state index contributed by atoms with van der Waals surface area (Å²) in [6, 6.07) is 9.97. The quantitative estimate of drug-likeness (QED) is 0.0898. The third-order valence-corrected chi connectivity index (χ3v) is 12.4. The molecule has 0 bridgehead atoms. The fourth-order valence-electron chi connectivity index (χ4n) is 4.45. The third kappa shape index (κ3) is 8.16. The van der Waals surface area contributed by atoms with E-state index in [1.54, 1.807) is 6.08 Å². The molecule has 0 spiro atoms. The van der Waals surface area contributed by atoms with Crippen LogP contribution in [0.4, 0.5) is 0 Å². The maximum absolute atomic E-state index is 13.1. The van der Waals surface area contributed by atoms with Crippen LogP contribution in [0, 0.1) is 5.41 Å². The van der Waals surface area contributed by atoms with E-state index in [0.717, 1.165) is 5.56 Å². The number of hydrogen-bond donors (Lipinski definition) is 0. The molecule has 1 aliphatic rings. The van der Waals surface area contributed by atoms with Gasteiger partial charge in [0.15, 0.2) is 14.1 Å². The lowest BCUT2D eigenvalue weighted by atomic mass is 9.77. The lowest BCUT2D eigenvalue weighted by Crippen LogP contribution is -2.59. The molecule has 8 heteroatoms. The van der Waals surface area contributed by atoms with Crippen LogP contribution >= 0.6 is 0 Å². The van der Waals surface area contributed by atoms with Crippen molar-refractivity contribution in [3.8, 4) is 0 Å².